The Morgan fingerprint density at radius 3 is 2.76 bits per heavy atom. The minimum Gasteiger partial charge on any atom is -0.461 e. The number of benzene rings is 2. The van der Waals surface area contributed by atoms with Gasteiger partial charge in [-0.3, -0.25) is 9.56 Å². The van der Waals surface area contributed by atoms with Gasteiger partial charge in [0.05, 0.1) is 30.2 Å². The third kappa shape index (κ3) is 3.57. The van der Waals surface area contributed by atoms with Gasteiger partial charge >= 0.3 is 5.97 Å². The van der Waals surface area contributed by atoms with Gasteiger partial charge < -0.3 is 4.74 Å². The molecule has 1 aromatic heterocycles. The van der Waals surface area contributed by atoms with Gasteiger partial charge in [-0.05, 0) is 24.1 Å². The first-order valence-electron chi connectivity index (χ1n) is 9.53. The highest BCUT2D eigenvalue weighted by Gasteiger charge is 2.25. The second kappa shape index (κ2) is 7.76. The number of aliphatic imine (C=N–C) groups is 1. The minimum absolute atomic E-state index is 0.255. The third-order valence-corrected chi connectivity index (χ3v) is 4.72. The second-order valence-corrected chi connectivity index (χ2v) is 7.31. The van der Waals surface area contributed by atoms with Gasteiger partial charge in [-0.1, -0.05) is 50.1 Å². The van der Waals surface area contributed by atoms with Crippen LogP contribution in [0.3, 0.4) is 0 Å². The summed E-state index contributed by atoms with van der Waals surface area (Å²) in [6.07, 6.45) is 7.28. The van der Waals surface area contributed by atoms with Gasteiger partial charge in [-0.15, -0.1) is 6.42 Å². The normalized spacial score (nSPS) is 12.4. The molecule has 1 aliphatic rings. The maximum absolute atomic E-state index is 12.6. The summed E-state index contributed by atoms with van der Waals surface area (Å²) in [5, 5.41) is 0. The van der Waals surface area contributed by atoms with Gasteiger partial charge in [-0.25, -0.2) is 9.78 Å². The lowest BCUT2D eigenvalue weighted by Crippen LogP contribution is -2.13. The number of nitrogens with zero attached hydrogens (tertiary/aromatic N) is 3. The highest BCUT2D eigenvalue weighted by atomic mass is 16.5. The van der Waals surface area contributed by atoms with Crippen molar-refractivity contribution in [1.29, 1.82) is 0 Å². The van der Waals surface area contributed by atoms with E-state index in [1.165, 1.54) is 0 Å². The predicted octanol–water partition coefficient (Wildman–Crippen LogP) is 4.02. The maximum atomic E-state index is 12.6. The average molecular weight is 383 g/mol. The number of imidazole rings is 1. The highest BCUT2D eigenvalue weighted by molar-refractivity contribution is 6.15. The van der Waals surface area contributed by atoms with Crippen molar-refractivity contribution in [2.75, 3.05) is 6.61 Å². The monoisotopic (exact) mass is 383 g/mol. The highest BCUT2D eigenvalue weighted by Crippen LogP contribution is 2.27. The number of fused-ring (bicyclic) bond motifs is 3. The van der Waals surface area contributed by atoms with Crippen molar-refractivity contribution in [3.63, 3.8) is 0 Å². The smallest absolute Gasteiger partial charge is 0.358 e. The predicted molar refractivity (Wildman–Crippen MR) is 112 cm³/mol. The molecule has 2 aromatic carbocycles. The van der Waals surface area contributed by atoms with Crippen LogP contribution in [0.25, 0.3) is 5.69 Å². The Morgan fingerprint density at radius 2 is 2.03 bits per heavy atom. The molecule has 0 fully saturated rings. The van der Waals surface area contributed by atoms with E-state index in [4.69, 9.17) is 16.2 Å². The molecule has 0 radical (unpaired) electrons. The lowest BCUT2D eigenvalue weighted by atomic mass is 9.98. The van der Waals surface area contributed by atoms with Crippen LogP contribution < -0.4 is 0 Å². The Hall–Kier alpha value is -3.65. The number of esters is 1. The molecule has 3 aromatic rings. The Bertz CT molecular complexity index is 1130. The number of rotatable bonds is 4. The van der Waals surface area contributed by atoms with Crippen LogP contribution in [-0.4, -0.2) is 27.8 Å². The Labute approximate surface area is 170 Å². The summed E-state index contributed by atoms with van der Waals surface area (Å²) in [6, 6.07) is 15.7. The van der Waals surface area contributed by atoms with E-state index in [0.717, 1.165) is 28.1 Å². The van der Waals surface area contributed by atoms with Crippen LogP contribution >= 0.6 is 0 Å². The molecular formula is C24H21N3O2. The molecule has 0 bridgehead atoms. The molecule has 1 aliphatic heterocycles. The van der Waals surface area contributed by atoms with Crippen LogP contribution in [0, 0.1) is 18.3 Å². The zero-order chi connectivity index (χ0) is 20.4. The molecule has 0 spiro atoms. The van der Waals surface area contributed by atoms with Crippen LogP contribution in [0.15, 0.2) is 59.9 Å². The SMILES string of the molecule is C#Cc1ccc2c(c1)C(c1ccccc1)=NCc1c(C(=O)OCC(C)C)ncn1-2. The van der Waals surface area contributed by atoms with Crippen LogP contribution in [-0.2, 0) is 11.3 Å². The first kappa shape index (κ1) is 18.7. The van der Waals surface area contributed by atoms with Crippen molar-refractivity contribution in [2.24, 2.45) is 10.9 Å². The van der Waals surface area contributed by atoms with Crippen LogP contribution in [0.1, 0.15) is 46.7 Å². The van der Waals surface area contributed by atoms with Gasteiger partial charge in [-0.2, -0.15) is 0 Å². The number of ether oxygens (including phenoxy) is 1. The standard InChI is InChI=1S/C24H21N3O2/c1-4-17-10-11-20-19(12-17)22(18-8-6-5-7-9-18)25-13-21-23(26-15-27(20)21)24(28)29-14-16(2)3/h1,5-12,15-16H,13-14H2,2-3H3. The fourth-order valence-electron chi connectivity index (χ4n) is 3.32. The number of carbonyl (C=O) groups is 1. The molecule has 5 heteroatoms. The van der Waals surface area contributed by atoms with E-state index in [-0.39, 0.29) is 5.92 Å². The Kier molecular flexibility index (Phi) is 5.01. The zero-order valence-corrected chi connectivity index (χ0v) is 16.4. The number of terminal acetylenes is 1. The van der Waals surface area contributed by atoms with Gasteiger partial charge in [0.25, 0.3) is 0 Å². The molecule has 29 heavy (non-hydrogen) atoms. The lowest BCUT2D eigenvalue weighted by molar-refractivity contribution is 0.0451. The van der Waals surface area contributed by atoms with Gasteiger partial charge in [0.2, 0.25) is 0 Å². The first-order valence-corrected chi connectivity index (χ1v) is 9.53. The molecule has 0 amide bonds. The third-order valence-electron chi connectivity index (χ3n) is 4.72. The molecule has 4 rings (SSSR count). The van der Waals surface area contributed by atoms with Crippen molar-refractivity contribution in [3.8, 4) is 18.0 Å². The fourth-order valence-corrected chi connectivity index (χ4v) is 3.32. The summed E-state index contributed by atoms with van der Waals surface area (Å²) in [6.45, 7) is 4.66. The molecule has 144 valence electrons. The van der Waals surface area contributed by atoms with Crippen molar-refractivity contribution in [1.82, 2.24) is 9.55 Å². The summed E-state index contributed by atoms with van der Waals surface area (Å²) in [5.41, 5.74) is 5.40. The van der Waals surface area contributed by atoms with E-state index in [1.807, 2.05) is 66.9 Å². The van der Waals surface area contributed by atoms with Crippen molar-refractivity contribution >= 4 is 11.7 Å². The van der Waals surface area contributed by atoms with Crippen LogP contribution in [0.5, 0.6) is 0 Å². The summed E-state index contributed by atoms with van der Waals surface area (Å²) in [7, 11) is 0. The van der Waals surface area contributed by atoms with Crippen molar-refractivity contribution in [2.45, 2.75) is 20.4 Å². The fraction of sp³-hybridized carbons (Fsp3) is 0.208. The number of carbonyl (C=O) groups excluding carboxylic acids is 1. The summed E-state index contributed by atoms with van der Waals surface area (Å²) >= 11 is 0. The quantitative estimate of drug-likeness (QED) is 0.505. The minimum atomic E-state index is -0.424. The second-order valence-electron chi connectivity index (χ2n) is 7.31. The molecule has 0 aliphatic carbocycles. The molecule has 0 saturated heterocycles. The number of aromatic nitrogens is 2. The van der Waals surface area contributed by atoms with Gasteiger partial charge in [0.15, 0.2) is 5.69 Å². The number of hydrogen-bond acceptors (Lipinski definition) is 4. The first-order chi connectivity index (χ1) is 14.1. The van der Waals surface area contributed by atoms with E-state index < -0.39 is 5.97 Å². The van der Waals surface area contributed by atoms with Crippen molar-refractivity contribution < 1.29 is 9.53 Å². The summed E-state index contributed by atoms with van der Waals surface area (Å²) in [5.74, 6) is 2.52. The van der Waals surface area contributed by atoms with E-state index in [9.17, 15) is 4.79 Å². The molecule has 5 nitrogen and oxygen atoms in total. The summed E-state index contributed by atoms with van der Waals surface area (Å²) < 4.78 is 7.30. The Balaban J connectivity index is 1.85. The summed E-state index contributed by atoms with van der Waals surface area (Å²) in [4.78, 5) is 21.8. The Morgan fingerprint density at radius 1 is 1.24 bits per heavy atom. The van der Waals surface area contributed by atoms with Crippen LogP contribution in [0.4, 0.5) is 0 Å². The van der Waals surface area contributed by atoms with Crippen molar-refractivity contribution in [3.05, 3.63) is 82.9 Å². The van der Waals surface area contributed by atoms with E-state index in [2.05, 4.69) is 10.9 Å². The zero-order valence-electron chi connectivity index (χ0n) is 16.4. The molecular weight excluding hydrogens is 362 g/mol. The molecule has 2 heterocycles. The molecule has 0 unspecified atom stereocenters. The molecule has 0 atom stereocenters. The number of hydrogen-bond donors (Lipinski definition) is 0. The van der Waals surface area contributed by atoms with Gasteiger partial charge in [0.1, 0.15) is 6.33 Å². The van der Waals surface area contributed by atoms with E-state index in [0.29, 0.717) is 24.5 Å². The van der Waals surface area contributed by atoms with E-state index in [1.54, 1.807) is 6.33 Å². The topological polar surface area (TPSA) is 56.5 Å². The van der Waals surface area contributed by atoms with Gasteiger partial charge in [0, 0.05) is 16.7 Å². The average Bonchev–Trinajstić information content (AvgIpc) is 3.09. The molecule has 0 N–H and O–H groups in total. The lowest BCUT2D eigenvalue weighted by Gasteiger charge is -2.12. The largest absolute Gasteiger partial charge is 0.461 e. The van der Waals surface area contributed by atoms with Crippen LogP contribution in [0.2, 0.25) is 0 Å². The van der Waals surface area contributed by atoms with E-state index >= 15 is 0 Å². The maximum Gasteiger partial charge on any atom is 0.358 e. The molecule has 0 saturated carbocycles.